The maximum Gasteiger partial charge on any atom is 0.279 e. The van der Waals surface area contributed by atoms with E-state index in [1.807, 2.05) is 0 Å². The van der Waals surface area contributed by atoms with Gasteiger partial charge in [-0.3, -0.25) is 13.9 Å². The first-order chi connectivity index (χ1) is 11.2. The van der Waals surface area contributed by atoms with Crippen LogP contribution in [-0.2, 0) is 21.5 Å². The number of hydrogen-bond donors (Lipinski definition) is 2. The van der Waals surface area contributed by atoms with E-state index in [2.05, 4.69) is 20.9 Å². The summed E-state index contributed by atoms with van der Waals surface area (Å²) in [5, 5.41) is 11.4. The molecule has 2 heterocycles. The predicted octanol–water partition coefficient (Wildman–Crippen LogP) is 0.994. The zero-order chi connectivity index (χ0) is 17.6. The van der Waals surface area contributed by atoms with Gasteiger partial charge in [-0.2, -0.15) is 8.42 Å². The van der Waals surface area contributed by atoms with Gasteiger partial charge in [-0.25, -0.2) is 4.99 Å². The second-order valence-electron chi connectivity index (χ2n) is 4.91. The van der Waals surface area contributed by atoms with Crippen molar-refractivity contribution < 1.29 is 22.9 Å². The molecule has 1 aromatic carbocycles. The Kier molecular flexibility index (Phi) is 4.47. The van der Waals surface area contributed by atoms with Gasteiger partial charge in [0.05, 0.1) is 16.7 Å². The first-order valence-corrected chi connectivity index (χ1v) is 10.1. The number of fused-ring (bicyclic) bond motifs is 1. The molecule has 126 valence electrons. The van der Waals surface area contributed by atoms with Crippen LogP contribution in [0.2, 0.25) is 0 Å². The van der Waals surface area contributed by atoms with Gasteiger partial charge in [0.1, 0.15) is 4.88 Å². The molecule has 3 rings (SSSR count). The molecule has 7 nitrogen and oxygen atoms in total. The van der Waals surface area contributed by atoms with Crippen molar-refractivity contribution in [1.82, 2.24) is 4.57 Å². The van der Waals surface area contributed by atoms with Crippen LogP contribution in [0.5, 0.6) is 5.88 Å². The van der Waals surface area contributed by atoms with E-state index in [4.69, 9.17) is 16.8 Å². The monoisotopic (exact) mass is 448 g/mol. The summed E-state index contributed by atoms with van der Waals surface area (Å²) in [4.78, 5) is 16.4. The van der Waals surface area contributed by atoms with Crippen LogP contribution in [0.25, 0.3) is 5.57 Å². The minimum atomic E-state index is -4.20. The summed E-state index contributed by atoms with van der Waals surface area (Å²) in [7, 11) is -4.20. The fraction of sp³-hybridized carbons (Fsp3) is 0.154. The van der Waals surface area contributed by atoms with Gasteiger partial charge in [-0.05, 0) is 30.4 Å². The minimum absolute atomic E-state index is 0.190. The highest BCUT2D eigenvalue weighted by atomic mass is 79.9. The highest BCUT2D eigenvalue weighted by Crippen LogP contribution is 2.32. The first kappa shape index (κ1) is 17.4. The van der Waals surface area contributed by atoms with Crippen LogP contribution in [0.1, 0.15) is 4.88 Å². The number of carbonyl (C=O) groups excluding carboxylic acids is 1. The van der Waals surface area contributed by atoms with E-state index >= 15 is 0 Å². The van der Waals surface area contributed by atoms with Crippen molar-refractivity contribution in [2.75, 3.05) is 5.75 Å². The Labute approximate surface area is 153 Å². The van der Waals surface area contributed by atoms with Gasteiger partial charge < -0.3 is 5.11 Å². The number of amides is 1. The summed E-state index contributed by atoms with van der Waals surface area (Å²) in [6, 6.07) is 5.14. The Hall–Kier alpha value is -1.40. The molecular formula is C13H9BrN2O5S3. The van der Waals surface area contributed by atoms with Crippen LogP contribution in [0.3, 0.4) is 0 Å². The van der Waals surface area contributed by atoms with Crippen molar-refractivity contribution in [2.45, 2.75) is 6.54 Å². The summed E-state index contributed by atoms with van der Waals surface area (Å²) in [6.07, 6.45) is 0. The molecule has 0 fully saturated rings. The standard InChI is InChI=1S/C13H9BrN2O5S3/c14-6-1-2-8-7(5-6)9(11(17)15-8)10-12(18)16(13(22)23-10)3-4-24(19,20)21/h1-2,5,18H,3-4H2,(H,19,20,21). The number of halogens is 1. The zero-order valence-corrected chi connectivity index (χ0v) is 15.8. The molecule has 0 saturated carbocycles. The third kappa shape index (κ3) is 3.22. The van der Waals surface area contributed by atoms with Crippen LogP contribution in [0.4, 0.5) is 0 Å². The normalized spacial score (nSPS) is 13.9. The van der Waals surface area contributed by atoms with Crippen molar-refractivity contribution in [3.05, 3.63) is 42.1 Å². The number of nitrogens with zero attached hydrogens (tertiary/aromatic N) is 2. The number of aromatic nitrogens is 1. The van der Waals surface area contributed by atoms with Gasteiger partial charge >= 0.3 is 0 Å². The van der Waals surface area contributed by atoms with E-state index < -0.39 is 21.8 Å². The Morgan fingerprint density at radius 2 is 2.08 bits per heavy atom. The van der Waals surface area contributed by atoms with E-state index in [9.17, 15) is 18.3 Å². The number of benzene rings is 1. The molecule has 0 spiro atoms. The SMILES string of the molecule is O=C1N=c2ccc(Br)cc2=C1c1sc(=S)n(CCS(=O)(=O)O)c1O. The Morgan fingerprint density at radius 1 is 1.38 bits per heavy atom. The van der Waals surface area contributed by atoms with Gasteiger partial charge in [0.15, 0.2) is 3.95 Å². The van der Waals surface area contributed by atoms with Crippen molar-refractivity contribution in [1.29, 1.82) is 0 Å². The van der Waals surface area contributed by atoms with Gasteiger partial charge in [-0.15, -0.1) is 11.3 Å². The van der Waals surface area contributed by atoms with Crippen LogP contribution in [0, 0.1) is 3.95 Å². The maximum absolute atomic E-state index is 12.2. The number of hydrogen-bond acceptors (Lipinski definition) is 6. The van der Waals surface area contributed by atoms with E-state index in [1.54, 1.807) is 18.2 Å². The van der Waals surface area contributed by atoms with E-state index in [0.29, 0.717) is 10.6 Å². The Morgan fingerprint density at radius 3 is 2.75 bits per heavy atom. The number of carbonyl (C=O) groups is 1. The summed E-state index contributed by atoms with van der Waals surface area (Å²) < 4.78 is 32.7. The van der Waals surface area contributed by atoms with E-state index in [1.165, 1.54) is 4.57 Å². The molecule has 0 bridgehead atoms. The first-order valence-electron chi connectivity index (χ1n) is 6.48. The lowest BCUT2D eigenvalue weighted by Gasteiger charge is -2.04. The number of thiazole rings is 1. The predicted molar refractivity (Wildman–Crippen MR) is 93.7 cm³/mol. The van der Waals surface area contributed by atoms with Crippen LogP contribution in [-0.4, -0.2) is 34.3 Å². The lowest BCUT2D eigenvalue weighted by atomic mass is 10.1. The van der Waals surface area contributed by atoms with Crippen molar-refractivity contribution in [2.24, 2.45) is 4.99 Å². The average molecular weight is 449 g/mol. The quantitative estimate of drug-likeness (QED) is 0.533. The zero-order valence-electron chi connectivity index (χ0n) is 11.8. The molecular weight excluding hydrogens is 440 g/mol. The highest BCUT2D eigenvalue weighted by molar-refractivity contribution is 9.10. The molecule has 0 unspecified atom stereocenters. The molecule has 2 aromatic rings. The second-order valence-corrected chi connectivity index (χ2v) is 9.04. The van der Waals surface area contributed by atoms with Crippen molar-refractivity contribution >= 4 is 61.1 Å². The molecule has 1 aliphatic rings. The number of rotatable bonds is 4. The molecule has 2 N–H and O–H groups in total. The molecule has 0 aliphatic carbocycles. The van der Waals surface area contributed by atoms with Crippen LogP contribution >= 0.6 is 39.5 Å². The lowest BCUT2D eigenvalue weighted by molar-refractivity contribution is -0.112. The fourth-order valence-electron chi connectivity index (χ4n) is 2.27. The molecule has 1 amide bonds. The minimum Gasteiger partial charge on any atom is -0.493 e. The topological polar surface area (TPSA) is 109 Å². The average Bonchev–Trinajstić information content (AvgIpc) is 2.92. The van der Waals surface area contributed by atoms with Gasteiger partial charge in [-0.1, -0.05) is 15.9 Å². The fourth-order valence-corrected chi connectivity index (χ4v) is 4.44. The summed E-state index contributed by atoms with van der Waals surface area (Å²) in [6.45, 7) is -0.218. The van der Waals surface area contributed by atoms with Crippen molar-refractivity contribution in [3.63, 3.8) is 0 Å². The summed E-state index contributed by atoms with van der Waals surface area (Å²) >= 11 is 9.43. The third-order valence-corrected chi connectivity index (χ3v) is 5.98. The molecule has 24 heavy (non-hydrogen) atoms. The van der Waals surface area contributed by atoms with Crippen molar-refractivity contribution in [3.8, 4) is 5.88 Å². The van der Waals surface area contributed by atoms with Gasteiger partial charge in [0.2, 0.25) is 5.88 Å². The summed E-state index contributed by atoms with van der Waals surface area (Å²) in [5.41, 5.74) is 0.213. The molecule has 1 aromatic heterocycles. The highest BCUT2D eigenvalue weighted by Gasteiger charge is 2.25. The number of aromatic hydroxyl groups is 1. The van der Waals surface area contributed by atoms with E-state index in [0.717, 1.165) is 15.8 Å². The summed E-state index contributed by atoms with van der Waals surface area (Å²) in [5.74, 6) is -1.42. The van der Waals surface area contributed by atoms with Crippen LogP contribution in [0.15, 0.2) is 27.7 Å². The largest absolute Gasteiger partial charge is 0.493 e. The maximum atomic E-state index is 12.2. The molecule has 11 heteroatoms. The lowest BCUT2D eigenvalue weighted by Crippen LogP contribution is -2.22. The Bertz CT molecular complexity index is 1150. The smallest absolute Gasteiger partial charge is 0.279 e. The molecule has 0 radical (unpaired) electrons. The molecule has 0 saturated heterocycles. The van der Waals surface area contributed by atoms with Crippen LogP contribution < -0.4 is 10.6 Å². The molecule has 0 atom stereocenters. The van der Waals surface area contributed by atoms with E-state index in [-0.39, 0.29) is 26.8 Å². The van der Waals surface area contributed by atoms with Gasteiger partial charge in [0.25, 0.3) is 16.0 Å². The Balaban J connectivity index is 2.18. The third-order valence-electron chi connectivity index (χ3n) is 3.33. The molecule has 1 aliphatic heterocycles. The second kappa shape index (κ2) is 6.15. The van der Waals surface area contributed by atoms with Gasteiger partial charge in [0, 0.05) is 16.2 Å².